The summed E-state index contributed by atoms with van der Waals surface area (Å²) >= 11 is 5.20. The van der Waals surface area contributed by atoms with E-state index in [4.69, 9.17) is 22.1 Å². The van der Waals surface area contributed by atoms with E-state index in [0.717, 1.165) is 45.1 Å². The zero-order valence-electron chi connectivity index (χ0n) is 10.3. The van der Waals surface area contributed by atoms with E-state index in [1.165, 1.54) is 0 Å². The molecular formula is C12H25O2S. The van der Waals surface area contributed by atoms with Crippen LogP contribution < -0.4 is 0 Å². The van der Waals surface area contributed by atoms with Crippen molar-refractivity contribution in [2.75, 3.05) is 6.61 Å². The molecule has 3 heteroatoms. The number of hydrogen-bond acceptors (Lipinski definition) is 2. The summed E-state index contributed by atoms with van der Waals surface area (Å²) < 4.78 is 11.3. The summed E-state index contributed by atoms with van der Waals surface area (Å²) in [5, 5.41) is 0. The van der Waals surface area contributed by atoms with Gasteiger partial charge in [-0.1, -0.05) is 52.7 Å². The van der Waals surface area contributed by atoms with Gasteiger partial charge < -0.3 is 9.47 Å². The zero-order chi connectivity index (χ0) is 11.5. The van der Waals surface area contributed by atoms with Gasteiger partial charge in [0.25, 0.3) is 0 Å². The minimum absolute atomic E-state index is 0.0874. The Morgan fingerprint density at radius 2 is 1.67 bits per heavy atom. The van der Waals surface area contributed by atoms with Crippen LogP contribution in [0.25, 0.3) is 0 Å². The summed E-state index contributed by atoms with van der Waals surface area (Å²) in [7, 11) is 0. The van der Waals surface area contributed by atoms with Gasteiger partial charge in [0.15, 0.2) is 6.29 Å². The molecule has 1 radical (unpaired) electrons. The predicted molar refractivity (Wildman–Crippen MR) is 66.9 cm³/mol. The van der Waals surface area contributed by atoms with Gasteiger partial charge >= 0.3 is 0 Å². The molecule has 0 heterocycles. The van der Waals surface area contributed by atoms with E-state index in [-0.39, 0.29) is 11.7 Å². The molecule has 0 aromatic carbocycles. The zero-order valence-corrected chi connectivity index (χ0v) is 11.1. The monoisotopic (exact) mass is 233 g/mol. The van der Waals surface area contributed by atoms with Gasteiger partial charge in [0.05, 0.1) is 0 Å². The average Bonchev–Trinajstić information content (AvgIpc) is 2.18. The Bertz CT molecular complexity index is 131. The minimum Gasteiger partial charge on any atom is -0.353 e. The van der Waals surface area contributed by atoms with Crippen LogP contribution in [0, 0.1) is 0 Å². The second kappa shape index (κ2) is 10.8. The first-order chi connectivity index (χ1) is 7.24. The molecular weight excluding hydrogens is 208 g/mol. The fourth-order valence-corrected chi connectivity index (χ4v) is 1.62. The second-order valence-corrected chi connectivity index (χ2v) is 4.32. The van der Waals surface area contributed by atoms with Gasteiger partial charge in [0, 0.05) is 6.61 Å². The van der Waals surface area contributed by atoms with Gasteiger partial charge in [-0.3, -0.25) is 0 Å². The standard InChI is InChI=1S/C12H25O2S/c1-4-7-10-13-11(8-5-2)14-12(15)9-6-3/h11-12H,4-10H2,1-3H3. The van der Waals surface area contributed by atoms with Gasteiger partial charge in [0.1, 0.15) is 5.44 Å². The third kappa shape index (κ3) is 9.21. The van der Waals surface area contributed by atoms with Crippen LogP contribution in [-0.4, -0.2) is 18.3 Å². The predicted octanol–water partition coefficient (Wildman–Crippen LogP) is 4.27. The summed E-state index contributed by atoms with van der Waals surface area (Å²) in [4.78, 5) is 0. The van der Waals surface area contributed by atoms with Crippen molar-refractivity contribution in [3.8, 4) is 0 Å². The molecule has 0 aliphatic rings. The molecule has 0 rings (SSSR count). The first-order valence-corrected chi connectivity index (χ1v) is 6.64. The molecule has 91 valence electrons. The number of unbranched alkanes of at least 4 members (excludes halogenated alkanes) is 1. The van der Waals surface area contributed by atoms with Crippen LogP contribution in [0.15, 0.2) is 0 Å². The Kier molecular flexibility index (Phi) is 11.0. The molecule has 0 saturated heterocycles. The molecule has 0 bridgehead atoms. The third-order valence-electron chi connectivity index (χ3n) is 2.15. The largest absolute Gasteiger partial charge is 0.353 e. The Morgan fingerprint density at radius 1 is 1.00 bits per heavy atom. The summed E-state index contributed by atoms with van der Waals surface area (Å²) in [5.41, 5.74) is -0.0897. The Labute approximate surface area is 100 Å². The SMILES string of the molecule is CCCCOC(CCC)OC([S])CCC. The van der Waals surface area contributed by atoms with E-state index in [2.05, 4.69) is 20.8 Å². The molecule has 0 aliphatic carbocycles. The summed E-state index contributed by atoms with van der Waals surface area (Å²) in [6.07, 6.45) is 6.20. The van der Waals surface area contributed by atoms with E-state index < -0.39 is 0 Å². The Balaban J connectivity index is 3.70. The summed E-state index contributed by atoms with van der Waals surface area (Å²) in [5.74, 6) is 0. The fourth-order valence-electron chi connectivity index (χ4n) is 1.26. The lowest BCUT2D eigenvalue weighted by molar-refractivity contribution is -0.155. The molecule has 0 aromatic heterocycles. The van der Waals surface area contributed by atoms with Gasteiger partial charge in [-0.2, -0.15) is 0 Å². The van der Waals surface area contributed by atoms with Crippen molar-refractivity contribution in [3.63, 3.8) is 0 Å². The van der Waals surface area contributed by atoms with Gasteiger partial charge in [0.2, 0.25) is 0 Å². The summed E-state index contributed by atoms with van der Waals surface area (Å²) in [6, 6.07) is 0. The molecule has 2 atom stereocenters. The van der Waals surface area contributed by atoms with Crippen molar-refractivity contribution in [1.29, 1.82) is 0 Å². The molecule has 0 N–H and O–H groups in total. The number of hydrogen-bond donors (Lipinski definition) is 0. The highest BCUT2D eigenvalue weighted by Gasteiger charge is 2.13. The van der Waals surface area contributed by atoms with Crippen LogP contribution in [0.3, 0.4) is 0 Å². The van der Waals surface area contributed by atoms with Gasteiger partial charge in [-0.15, -0.1) is 0 Å². The van der Waals surface area contributed by atoms with Crippen molar-refractivity contribution in [2.45, 2.75) is 71.0 Å². The molecule has 0 aromatic rings. The molecule has 0 saturated carbocycles. The Morgan fingerprint density at radius 3 is 2.20 bits per heavy atom. The lowest BCUT2D eigenvalue weighted by Crippen LogP contribution is -2.22. The van der Waals surface area contributed by atoms with E-state index in [1.54, 1.807) is 0 Å². The van der Waals surface area contributed by atoms with Crippen LogP contribution in [0.5, 0.6) is 0 Å². The average molecular weight is 233 g/mol. The van der Waals surface area contributed by atoms with Crippen molar-refractivity contribution in [2.24, 2.45) is 0 Å². The smallest absolute Gasteiger partial charge is 0.159 e. The molecule has 2 unspecified atom stereocenters. The van der Waals surface area contributed by atoms with Gasteiger partial charge in [-0.25, -0.2) is 0 Å². The maximum absolute atomic E-state index is 5.67. The van der Waals surface area contributed by atoms with Crippen LogP contribution >= 0.6 is 12.6 Å². The lowest BCUT2D eigenvalue weighted by atomic mass is 10.3. The maximum atomic E-state index is 5.67. The van der Waals surface area contributed by atoms with Crippen molar-refractivity contribution < 1.29 is 9.47 Å². The molecule has 2 nitrogen and oxygen atoms in total. The van der Waals surface area contributed by atoms with Crippen LogP contribution in [0.4, 0.5) is 0 Å². The van der Waals surface area contributed by atoms with Crippen LogP contribution in [0.1, 0.15) is 59.3 Å². The normalized spacial score (nSPS) is 15.2. The molecule has 0 spiro atoms. The van der Waals surface area contributed by atoms with Gasteiger partial charge in [-0.05, 0) is 19.3 Å². The first-order valence-electron chi connectivity index (χ1n) is 6.17. The maximum Gasteiger partial charge on any atom is 0.159 e. The van der Waals surface area contributed by atoms with E-state index >= 15 is 0 Å². The highest BCUT2D eigenvalue weighted by molar-refractivity contribution is 7.80. The van der Waals surface area contributed by atoms with Crippen molar-refractivity contribution >= 4 is 12.6 Å². The topological polar surface area (TPSA) is 18.5 Å². The minimum atomic E-state index is -0.0897. The highest BCUT2D eigenvalue weighted by atomic mass is 32.1. The highest BCUT2D eigenvalue weighted by Crippen LogP contribution is 2.14. The lowest BCUT2D eigenvalue weighted by Gasteiger charge is -2.21. The van der Waals surface area contributed by atoms with Crippen molar-refractivity contribution in [1.82, 2.24) is 0 Å². The van der Waals surface area contributed by atoms with E-state index in [0.29, 0.717) is 0 Å². The van der Waals surface area contributed by atoms with E-state index in [9.17, 15) is 0 Å². The fraction of sp³-hybridized carbons (Fsp3) is 1.00. The molecule has 15 heavy (non-hydrogen) atoms. The molecule has 0 fully saturated rings. The van der Waals surface area contributed by atoms with Crippen molar-refractivity contribution in [3.05, 3.63) is 0 Å². The number of rotatable bonds is 10. The number of ether oxygens (including phenoxy) is 2. The first kappa shape index (κ1) is 15.3. The third-order valence-corrected chi connectivity index (χ3v) is 2.50. The van der Waals surface area contributed by atoms with Crippen LogP contribution in [0.2, 0.25) is 0 Å². The van der Waals surface area contributed by atoms with Crippen LogP contribution in [-0.2, 0) is 9.47 Å². The van der Waals surface area contributed by atoms with E-state index in [1.807, 2.05) is 0 Å². The summed E-state index contributed by atoms with van der Waals surface area (Å²) in [6.45, 7) is 7.20. The second-order valence-electron chi connectivity index (χ2n) is 3.80. The quantitative estimate of drug-likeness (QED) is 0.414. The Hall–Kier alpha value is 0.270. The molecule has 0 aliphatic heterocycles. The molecule has 0 amide bonds.